The van der Waals surface area contributed by atoms with Crippen molar-refractivity contribution in [2.45, 2.75) is 12.0 Å². The second kappa shape index (κ2) is 8.02. The molecule has 5 aromatic rings. The summed E-state index contributed by atoms with van der Waals surface area (Å²) in [6, 6.07) is 30.4. The van der Waals surface area contributed by atoms with E-state index in [1.165, 1.54) is 0 Å². The minimum atomic E-state index is -1.22. The van der Waals surface area contributed by atoms with E-state index in [2.05, 4.69) is 49.1 Å². The van der Waals surface area contributed by atoms with Crippen LogP contribution in [0.2, 0.25) is 0 Å². The smallest absolute Gasteiger partial charge is 0.141 e. The first kappa shape index (κ1) is 20.5. The van der Waals surface area contributed by atoms with Gasteiger partial charge in [0.25, 0.3) is 0 Å². The molecule has 0 saturated heterocycles. The first-order chi connectivity index (χ1) is 16.7. The van der Waals surface area contributed by atoms with Crippen LogP contribution in [-0.2, 0) is 12.0 Å². The Bertz CT molecular complexity index is 1570. The molecule has 0 bridgehead atoms. The van der Waals surface area contributed by atoms with Crippen LogP contribution in [0.3, 0.4) is 0 Å². The van der Waals surface area contributed by atoms with E-state index in [-0.39, 0.29) is 0 Å². The van der Waals surface area contributed by atoms with Gasteiger partial charge in [-0.15, -0.1) is 0 Å². The van der Waals surface area contributed by atoms with Gasteiger partial charge in [0.15, 0.2) is 0 Å². The molecule has 0 atom stereocenters. The molecule has 0 saturated carbocycles. The molecule has 0 radical (unpaired) electrons. The zero-order valence-electron chi connectivity index (χ0n) is 18.7. The quantitative estimate of drug-likeness (QED) is 0.284. The predicted octanol–water partition coefficient (Wildman–Crippen LogP) is 7.71. The molecule has 2 nitrogen and oxygen atoms in total. The third-order valence-electron chi connectivity index (χ3n) is 6.76. The lowest BCUT2D eigenvalue weighted by Gasteiger charge is -2.26. The summed E-state index contributed by atoms with van der Waals surface area (Å²) in [5.41, 5.74) is 6.30. The molecule has 1 aliphatic rings. The Balaban J connectivity index is 1.25. The van der Waals surface area contributed by atoms with Crippen molar-refractivity contribution in [3.05, 3.63) is 144 Å². The van der Waals surface area contributed by atoms with Crippen LogP contribution in [-0.4, -0.2) is 5.11 Å². The average Bonchev–Trinajstić information content (AvgIpc) is 3.39. The molecule has 1 heterocycles. The van der Waals surface area contributed by atoms with Crippen LogP contribution in [0.25, 0.3) is 33.1 Å². The van der Waals surface area contributed by atoms with Crippen molar-refractivity contribution in [1.29, 1.82) is 0 Å². The van der Waals surface area contributed by atoms with Gasteiger partial charge in [0.2, 0.25) is 0 Å². The van der Waals surface area contributed by atoms with Gasteiger partial charge < -0.3 is 9.52 Å². The van der Waals surface area contributed by atoms with Crippen LogP contribution in [0.4, 0.5) is 0 Å². The molecular formula is C32H24O2. The zero-order chi connectivity index (χ0) is 23.1. The second-order valence-corrected chi connectivity index (χ2v) is 8.71. The van der Waals surface area contributed by atoms with E-state index in [1.807, 2.05) is 72.8 Å². The van der Waals surface area contributed by atoms with Crippen molar-refractivity contribution in [1.82, 2.24) is 0 Å². The molecule has 2 heteroatoms. The van der Waals surface area contributed by atoms with Crippen molar-refractivity contribution in [2.24, 2.45) is 0 Å². The topological polar surface area (TPSA) is 33.4 Å². The highest BCUT2D eigenvalue weighted by molar-refractivity contribution is 6.05. The third-order valence-corrected chi connectivity index (χ3v) is 6.76. The first-order valence-electron chi connectivity index (χ1n) is 11.5. The summed E-state index contributed by atoms with van der Waals surface area (Å²) in [5.74, 6) is 0. The van der Waals surface area contributed by atoms with Crippen LogP contribution in [0, 0.1) is 0 Å². The van der Waals surface area contributed by atoms with Crippen LogP contribution < -0.4 is 0 Å². The van der Waals surface area contributed by atoms with Crippen molar-refractivity contribution in [3.8, 4) is 11.1 Å². The second-order valence-electron chi connectivity index (χ2n) is 8.71. The molecule has 164 valence electrons. The highest BCUT2D eigenvalue weighted by Crippen LogP contribution is 2.50. The number of rotatable bonds is 5. The zero-order valence-corrected chi connectivity index (χ0v) is 18.7. The standard InChI is InChI=1S/C32H24O2/c1-22(32(33)28-19-8-5-15-24(28)25-16-6-9-20-29(25)32)12-3-2-4-13-23-14-11-18-27-26-17-7-10-21-30(26)34-31(23)27/h2-12,14-21,33H,1,13H2/b4-2-,12-3-. The SMILES string of the molecule is C=C(/C=C\C=C/Cc1cccc2c1oc1ccccc12)C1(O)c2ccccc2-c2ccccc21. The van der Waals surface area contributed by atoms with Gasteiger partial charge >= 0.3 is 0 Å². The summed E-state index contributed by atoms with van der Waals surface area (Å²) in [5, 5.41) is 14.1. The fraction of sp³-hybridized carbons (Fsp3) is 0.0625. The maximum Gasteiger partial charge on any atom is 0.141 e. The van der Waals surface area contributed by atoms with Gasteiger partial charge in [-0.1, -0.05) is 116 Å². The van der Waals surface area contributed by atoms with Crippen LogP contribution in [0.1, 0.15) is 16.7 Å². The van der Waals surface area contributed by atoms with Crippen molar-refractivity contribution in [3.63, 3.8) is 0 Å². The van der Waals surface area contributed by atoms with Gasteiger partial charge in [0, 0.05) is 21.9 Å². The number of aliphatic hydroxyl groups is 1. The Hall–Kier alpha value is -4.14. The van der Waals surface area contributed by atoms with E-state index in [4.69, 9.17) is 4.42 Å². The van der Waals surface area contributed by atoms with Crippen LogP contribution in [0.15, 0.2) is 132 Å². The number of furan rings is 1. The summed E-state index contributed by atoms with van der Waals surface area (Å²) in [6.07, 6.45) is 8.71. The average molecular weight is 441 g/mol. The largest absolute Gasteiger partial charge is 0.456 e. The van der Waals surface area contributed by atoms with Crippen LogP contribution in [0.5, 0.6) is 0 Å². The van der Waals surface area contributed by atoms with E-state index in [0.717, 1.165) is 56.2 Å². The van der Waals surface area contributed by atoms with E-state index >= 15 is 0 Å². The summed E-state index contributed by atoms with van der Waals surface area (Å²) >= 11 is 0. The van der Waals surface area contributed by atoms with Gasteiger partial charge in [-0.3, -0.25) is 0 Å². The Morgan fingerprint density at radius 2 is 1.41 bits per heavy atom. The summed E-state index contributed by atoms with van der Waals surface area (Å²) < 4.78 is 6.13. The summed E-state index contributed by atoms with van der Waals surface area (Å²) in [6.45, 7) is 4.24. The summed E-state index contributed by atoms with van der Waals surface area (Å²) in [4.78, 5) is 0. The number of hydrogen-bond donors (Lipinski definition) is 1. The number of fused-ring (bicyclic) bond motifs is 6. The normalized spacial score (nSPS) is 14.3. The van der Waals surface area contributed by atoms with Crippen LogP contribution >= 0.6 is 0 Å². The lowest BCUT2D eigenvalue weighted by atomic mass is 9.84. The monoisotopic (exact) mass is 440 g/mol. The van der Waals surface area contributed by atoms with Gasteiger partial charge in [-0.2, -0.15) is 0 Å². The highest BCUT2D eigenvalue weighted by atomic mass is 16.3. The van der Waals surface area contributed by atoms with Gasteiger partial charge in [-0.25, -0.2) is 0 Å². The minimum Gasteiger partial charge on any atom is -0.456 e. The first-order valence-corrected chi connectivity index (χ1v) is 11.5. The maximum atomic E-state index is 11.8. The van der Waals surface area contributed by atoms with Crippen molar-refractivity contribution < 1.29 is 9.52 Å². The highest BCUT2D eigenvalue weighted by Gasteiger charge is 2.42. The van der Waals surface area contributed by atoms with Gasteiger partial charge in [0.05, 0.1) is 0 Å². The lowest BCUT2D eigenvalue weighted by Crippen LogP contribution is -2.25. The molecule has 1 aromatic heterocycles. The Kier molecular flexibility index (Phi) is 4.83. The van der Waals surface area contributed by atoms with E-state index in [9.17, 15) is 5.11 Å². The lowest BCUT2D eigenvalue weighted by molar-refractivity contribution is 0.130. The van der Waals surface area contributed by atoms with Crippen molar-refractivity contribution in [2.75, 3.05) is 0 Å². The molecule has 0 unspecified atom stereocenters. The van der Waals surface area contributed by atoms with E-state index < -0.39 is 5.60 Å². The maximum absolute atomic E-state index is 11.8. The molecule has 0 aliphatic heterocycles. The van der Waals surface area contributed by atoms with Gasteiger partial charge in [-0.05, 0) is 34.8 Å². The molecule has 0 fully saturated rings. The molecule has 4 aromatic carbocycles. The molecule has 1 aliphatic carbocycles. The number of allylic oxidation sites excluding steroid dienone is 3. The molecule has 34 heavy (non-hydrogen) atoms. The fourth-order valence-electron chi connectivity index (χ4n) is 5.09. The molecular weight excluding hydrogens is 416 g/mol. The minimum absolute atomic E-state index is 0.647. The summed E-state index contributed by atoms with van der Waals surface area (Å²) in [7, 11) is 0. The predicted molar refractivity (Wildman–Crippen MR) is 140 cm³/mol. The molecule has 6 rings (SSSR count). The molecule has 1 N–H and O–H groups in total. The molecule has 0 amide bonds. The molecule has 0 spiro atoms. The van der Waals surface area contributed by atoms with Gasteiger partial charge in [0.1, 0.15) is 16.8 Å². The third kappa shape index (κ3) is 3.07. The number of para-hydroxylation sites is 2. The van der Waals surface area contributed by atoms with Crippen molar-refractivity contribution >= 4 is 21.9 Å². The fourth-order valence-corrected chi connectivity index (χ4v) is 5.09. The number of benzene rings is 4. The Morgan fingerprint density at radius 1 is 0.765 bits per heavy atom. The Morgan fingerprint density at radius 3 is 2.18 bits per heavy atom. The van der Waals surface area contributed by atoms with E-state index in [1.54, 1.807) is 0 Å². The number of hydrogen-bond acceptors (Lipinski definition) is 2. The Labute approximate surface area is 198 Å². The van der Waals surface area contributed by atoms with E-state index in [0.29, 0.717) is 5.57 Å².